The first-order valence-corrected chi connectivity index (χ1v) is 9.18. The minimum absolute atomic E-state index is 0. The van der Waals surface area contributed by atoms with Crippen LogP contribution in [0.25, 0.3) is 0 Å². The standard InChI is InChI=1S/C12H30N8O.C3H8.Co/c21-20-6-5-17-9-18-7-13-1-3-15-10-19(12-20)11-16-4-2-14-8-18;1-3-2;/h13-17,21H,1-12H2;3H2,1-2H3;. The van der Waals surface area contributed by atoms with Gasteiger partial charge >= 0.3 is 0 Å². The minimum Gasteiger partial charge on any atom is -0.313 e. The second kappa shape index (κ2) is 17.6. The van der Waals surface area contributed by atoms with Gasteiger partial charge in [-0.2, -0.15) is 5.06 Å². The van der Waals surface area contributed by atoms with Gasteiger partial charge in [0.2, 0.25) is 0 Å². The first-order chi connectivity index (χ1) is 11.8. The van der Waals surface area contributed by atoms with Gasteiger partial charge in [0.05, 0.1) is 40.0 Å². The van der Waals surface area contributed by atoms with Gasteiger partial charge in [-0.1, -0.05) is 20.3 Å². The molecular weight excluding hydrogens is 367 g/mol. The van der Waals surface area contributed by atoms with Crippen molar-refractivity contribution in [3.63, 3.8) is 0 Å². The molecule has 3 saturated heterocycles. The number of nitrogens with one attached hydrogen (secondary N) is 5. The zero-order valence-electron chi connectivity index (χ0n) is 15.8. The predicted octanol–water partition coefficient (Wildman–Crippen LogP) is -1.58. The van der Waals surface area contributed by atoms with Crippen LogP contribution in [0.1, 0.15) is 20.3 Å². The Labute approximate surface area is 163 Å². The summed E-state index contributed by atoms with van der Waals surface area (Å²) in [5.41, 5.74) is 0. The van der Waals surface area contributed by atoms with Crippen LogP contribution >= 0.6 is 0 Å². The molecule has 0 atom stereocenters. The van der Waals surface area contributed by atoms with E-state index in [0.29, 0.717) is 13.2 Å². The molecule has 0 aromatic carbocycles. The van der Waals surface area contributed by atoms with Crippen molar-refractivity contribution in [3.05, 3.63) is 0 Å². The van der Waals surface area contributed by atoms with Gasteiger partial charge in [0.15, 0.2) is 0 Å². The van der Waals surface area contributed by atoms with Gasteiger partial charge in [0.1, 0.15) is 0 Å². The van der Waals surface area contributed by atoms with E-state index >= 15 is 0 Å². The largest absolute Gasteiger partial charge is 0.313 e. The van der Waals surface area contributed by atoms with E-state index in [0.717, 1.165) is 66.1 Å². The summed E-state index contributed by atoms with van der Waals surface area (Å²) in [6.07, 6.45) is 1.25. The zero-order chi connectivity index (χ0) is 17.5. The third-order valence-electron chi connectivity index (χ3n) is 3.54. The molecule has 0 spiro atoms. The van der Waals surface area contributed by atoms with Crippen LogP contribution < -0.4 is 26.6 Å². The molecule has 1 radical (unpaired) electrons. The summed E-state index contributed by atoms with van der Waals surface area (Å²) in [6.45, 7) is 13.9. The van der Waals surface area contributed by atoms with Gasteiger partial charge in [-0.3, -0.25) is 9.80 Å². The monoisotopic (exact) mass is 405 g/mol. The maximum Gasteiger partial charge on any atom is 0.0775 e. The van der Waals surface area contributed by atoms with E-state index in [2.05, 4.69) is 50.2 Å². The van der Waals surface area contributed by atoms with E-state index in [1.54, 1.807) is 0 Å². The molecule has 0 aromatic heterocycles. The molecule has 9 nitrogen and oxygen atoms in total. The van der Waals surface area contributed by atoms with Crippen LogP contribution in [0.5, 0.6) is 0 Å². The molecule has 3 rings (SSSR count). The average molecular weight is 405 g/mol. The molecule has 0 aromatic rings. The maximum atomic E-state index is 9.98. The molecule has 0 unspecified atom stereocenters. The molecule has 153 valence electrons. The Kier molecular flexibility index (Phi) is 17.7. The molecule has 3 aliphatic rings. The first kappa shape index (κ1) is 25.1. The quantitative estimate of drug-likeness (QED) is 0.286. The molecule has 0 saturated carbocycles. The molecule has 2 bridgehead atoms. The fourth-order valence-corrected chi connectivity index (χ4v) is 2.37. The number of hydroxylamine groups is 2. The summed E-state index contributed by atoms with van der Waals surface area (Å²) in [6, 6.07) is 0. The van der Waals surface area contributed by atoms with Crippen molar-refractivity contribution in [2.75, 3.05) is 79.3 Å². The summed E-state index contributed by atoms with van der Waals surface area (Å²) >= 11 is 0. The van der Waals surface area contributed by atoms with Crippen molar-refractivity contribution in [1.29, 1.82) is 0 Å². The Bertz CT molecular complexity index is 274. The van der Waals surface area contributed by atoms with Gasteiger partial charge < -0.3 is 31.8 Å². The Morgan fingerprint density at radius 3 is 1.48 bits per heavy atom. The van der Waals surface area contributed by atoms with Gasteiger partial charge in [0.25, 0.3) is 0 Å². The van der Waals surface area contributed by atoms with Crippen molar-refractivity contribution in [3.8, 4) is 0 Å². The van der Waals surface area contributed by atoms with E-state index < -0.39 is 0 Å². The minimum atomic E-state index is 0. The van der Waals surface area contributed by atoms with E-state index in [4.69, 9.17) is 0 Å². The second-order valence-electron chi connectivity index (χ2n) is 6.21. The van der Waals surface area contributed by atoms with Gasteiger partial charge in [-0.05, 0) is 0 Å². The molecule has 6 N–H and O–H groups in total. The van der Waals surface area contributed by atoms with Gasteiger partial charge in [-0.25, -0.2) is 0 Å². The van der Waals surface area contributed by atoms with Gasteiger partial charge in [-0.15, -0.1) is 0 Å². The Morgan fingerprint density at radius 1 is 0.680 bits per heavy atom. The topological polar surface area (TPSA) is 90.1 Å². The van der Waals surface area contributed by atoms with Crippen molar-refractivity contribution >= 4 is 0 Å². The van der Waals surface area contributed by atoms with Crippen LogP contribution in [0.15, 0.2) is 0 Å². The molecule has 25 heavy (non-hydrogen) atoms. The summed E-state index contributed by atoms with van der Waals surface area (Å²) in [5.74, 6) is 0. The number of hydrogen-bond acceptors (Lipinski definition) is 9. The van der Waals surface area contributed by atoms with Crippen molar-refractivity contribution in [1.82, 2.24) is 41.4 Å². The molecule has 3 aliphatic heterocycles. The van der Waals surface area contributed by atoms with E-state index in [1.165, 1.54) is 11.5 Å². The molecule has 10 heteroatoms. The van der Waals surface area contributed by atoms with Gasteiger partial charge in [0, 0.05) is 56.0 Å². The van der Waals surface area contributed by atoms with Crippen molar-refractivity contribution in [2.24, 2.45) is 0 Å². The fourth-order valence-electron chi connectivity index (χ4n) is 2.37. The number of fused-ring (bicyclic) bond motifs is 15. The molecule has 0 amide bonds. The summed E-state index contributed by atoms with van der Waals surface area (Å²) in [4.78, 5) is 4.44. The maximum absolute atomic E-state index is 9.98. The van der Waals surface area contributed by atoms with E-state index in [1.807, 2.05) is 0 Å². The molecule has 3 fully saturated rings. The van der Waals surface area contributed by atoms with Crippen LogP contribution in [-0.2, 0) is 16.8 Å². The summed E-state index contributed by atoms with van der Waals surface area (Å²) < 4.78 is 0. The van der Waals surface area contributed by atoms with Crippen LogP contribution in [0.4, 0.5) is 0 Å². The number of nitrogens with zero attached hydrogens (tertiary/aromatic N) is 3. The van der Waals surface area contributed by atoms with Crippen molar-refractivity contribution < 1.29 is 22.0 Å². The van der Waals surface area contributed by atoms with Crippen molar-refractivity contribution in [2.45, 2.75) is 20.3 Å². The Morgan fingerprint density at radius 2 is 1.04 bits per heavy atom. The first-order valence-electron chi connectivity index (χ1n) is 9.18. The molecule has 0 aliphatic carbocycles. The molecule has 3 heterocycles. The van der Waals surface area contributed by atoms with Crippen LogP contribution in [0.2, 0.25) is 0 Å². The smallest absolute Gasteiger partial charge is 0.0775 e. The zero-order valence-corrected chi connectivity index (χ0v) is 16.9. The van der Waals surface area contributed by atoms with Crippen LogP contribution in [0.3, 0.4) is 0 Å². The van der Waals surface area contributed by atoms with E-state index in [-0.39, 0.29) is 16.8 Å². The van der Waals surface area contributed by atoms with E-state index in [9.17, 15) is 5.21 Å². The second-order valence-corrected chi connectivity index (χ2v) is 6.21. The third-order valence-corrected chi connectivity index (χ3v) is 3.54. The number of rotatable bonds is 0. The summed E-state index contributed by atoms with van der Waals surface area (Å²) in [7, 11) is 0. The molecular formula is C15H38CoN8O. The Balaban J connectivity index is 0.00000134. The normalized spacial score (nSPS) is 28.0. The van der Waals surface area contributed by atoms with Crippen LogP contribution in [-0.4, -0.2) is 99.4 Å². The average Bonchev–Trinajstić information content (AvgIpc) is 2.56. The Hall–Kier alpha value is 0.146. The predicted molar refractivity (Wildman–Crippen MR) is 97.4 cm³/mol. The third kappa shape index (κ3) is 13.9. The fraction of sp³-hybridized carbons (Fsp3) is 1.00. The van der Waals surface area contributed by atoms with Crippen LogP contribution in [0, 0.1) is 0 Å². The number of hydrogen-bond donors (Lipinski definition) is 6. The SMILES string of the molecule is CCC.ON1CCNCN2CNCCNCN(CNCCNC2)C1.[Co]. The summed E-state index contributed by atoms with van der Waals surface area (Å²) in [5, 5.41) is 28.4.